The third kappa shape index (κ3) is 3.34. The number of nitrogens with two attached hydrogens (primary N) is 1. The van der Waals surface area contributed by atoms with E-state index >= 15 is 0 Å². The summed E-state index contributed by atoms with van der Waals surface area (Å²) in [6.07, 6.45) is 2.80. The first-order valence-corrected chi connectivity index (χ1v) is 6.91. The van der Waals surface area contributed by atoms with Crippen LogP contribution in [0.25, 0.3) is 0 Å². The zero-order chi connectivity index (χ0) is 13.0. The van der Waals surface area contributed by atoms with Crippen molar-refractivity contribution in [1.82, 2.24) is 4.98 Å². The highest BCUT2D eigenvalue weighted by atomic mass is 32.2. The maximum Gasteiger partial charge on any atom is 0.101 e. The highest BCUT2D eigenvalue weighted by Crippen LogP contribution is 2.27. The molecule has 0 saturated heterocycles. The first-order valence-electron chi connectivity index (χ1n) is 6.09. The third-order valence-corrected chi connectivity index (χ3v) is 3.87. The smallest absolute Gasteiger partial charge is 0.101 e. The molecule has 1 heterocycles. The zero-order valence-corrected chi connectivity index (χ0v) is 11.6. The van der Waals surface area contributed by atoms with Crippen molar-refractivity contribution in [1.29, 1.82) is 0 Å². The van der Waals surface area contributed by atoms with Gasteiger partial charge in [-0.3, -0.25) is 0 Å². The van der Waals surface area contributed by atoms with E-state index in [1.54, 1.807) is 11.8 Å². The van der Waals surface area contributed by atoms with Crippen molar-refractivity contribution in [2.75, 3.05) is 6.54 Å². The minimum atomic E-state index is 0.672. The van der Waals surface area contributed by atoms with Crippen LogP contribution in [0, 0.1) is 13.8 Å². The fourth-order valence-electron chi connectivity index (χ4n) is 1.68. The zero-order valence-electron chi connectivity index (χ0n) is 10.8. The fraction of sp³-hybridized carbons (Fsp3) is 0.267. The maximum atomic E-state index is 5.52. The van der Waals surface area contributed by atoms with Gasteiger partial charge in [-0.2, -0.15) is 0 Å². The van der Waals surface area contributed by atoms with E-state index in [0.717, 1.165) is 11.4 Å². The summed E-state index contributed by atoms with van der Waals surface area (Å²) in [5.41, 5.74) is 9.36. The van der Waals surface area contributed by atoms with E-state index in [1.807, 2.05) is 6.20 Å². The lowest BCUT2D eigenvalue weighted by Crippen LogP contribution is -2.02. The number of nitrogens with zero attached hydrogens (tertiary/aromatic N) is 1. The molecule has 0 fully saturated rings. The van der Waals surface area contributed by atoms with Crippen molar-refractivity contribution in [3.05, 3.63) is 53.2 Å². The van der Waals surface area contributed by atoms with Crippen molar-refractivity contribution < 1.29 is 0 Å². The Morgan fingerprint density at radius 2 is 1.94 bits per heavy atom. The van der Waals surface area contributed by atoms with Crippen LogP contribution >= 0.6 is 11.8 Å². The molecule has 0 radical (unpaired) electrons. The summed E-state index contributed by atoms with van der Waals surface area (Å²) in [7, 11) is 0. The molecule has 0 saturated carbocycles. The van der Waals surface area contributed by atoms with E-state index in [0.29, 0.717) is 6.54 Å². The molecule has 3 heteroatoms. The van der Waals surface area contributed by atoms with E-state index in [2.05, 4.69) is 49.2 Å². The van der Waals surface area contributed by atoms with Gasteiger partial charge in [-0.25, -0.2) is 4.98 Å². The second-order valence-corrected chi connectivity index (χ2v) is 5.49. The number of hydrogen-bond donors (Lipinski definition) is 1. The lowest BCUT2D eigenvalue weighted by molar-refractivity contribution is 0.945. The average Bonchev–Trinajstić information content (AvgIpc) is 2.37. The second-order valence-electron chi connectivity index (χ2n) is 4.39. The molecule has 2 nitrogen and oxygen atoms in total. The van der Waals surface area contributed by atoms with Crippen molar-refractivity contribution in [2.24, 2.45) is 5.73 Å². The molecule has 1 aromatic carbocycles. The first kappa shape index (κ1) is 13.1. The van der Waals surface area contributed by atoms with Crippen LogP contribution in [-0.2, 0) is 6.42 Å². The van der Waals surface area contributed by atoms with Crippen molar-refractivity contribution in [3.8, 4) is 0 Å². The van der Waals surface area contributed by atoms with Crippen LogP contribution in [0.3, 0.4) is 0 Å². The van der Waals surface area contributed by atoms with Gasteiger partial charge in [0, 0.05) is 11.1 Å². The predicted octanol–water partition coefficient (Wildman–Crippen LogP) is 3.35. The number of aryl methyl sites for hydroxylation is 2. The Morgan fingerprint density at radius 1 is 1.11 bits per heavy atom. The maximum absolute atomic E-state index is 5.52. The Bertz CT molecular complexity index is 521. The van der Waals surface area contributed by atoms with Gasteiger partial charge in [0.1, 0.15) is 5.03 Å². The van der Waals surface area contributed by atoms with Crippen LogP contribution in [0.15, 0.2) is 46.5 Å². The SMILES string of the molecule is Cc1ccc(Sc2ccc(CCN)cn2)cc1C. The van der Waals surface area contributed by atoms with Crippen LogP contribution in [0.5, 0.6) is 0 Å². The van der Waals surface area contributed by atoms with Crippen molar-refractivity contribution >= 4 is 11.8 Å². The largest absolute Gasteiger partial charge is 0.330 e. The molecule has 0 aliphatic rings. The lowest BCUT2D eigenvalue weighted by atomic mass is 10.1. The average molecular weight is 258 g/mol. The Balaban J connectivity index is 2.10. The molecular formula is C15H18N2S. The summed E-state index contributed by atoms with van der Waals surface area (Å²) >= 11 is 1.69. The van der Waals surface area contributed by atoms with E-state index in [-0.39, 0.29) is 0 Å². The number of benzene rings is 1. The molecule has 18 heavy (non-hydrogen) atoms. The molecule has 0 amide bonds. The molecule has 2 N–H and O–H groups in total. The molecule has 2 rings (SSSR count). The number of aromatic nitrogens is 1. The predicted molar refractivity (Wildman–Crippen MR) is 77.0 cm³/mol. The van der Waals surface area contributed by atoms with Crippen LogP contribution in [-0.4, -0.2) is 11.5 Å². The van der Waals surface area contributed by atoms with Gasteiger partial charge in [-0.1, -0.05) is 23.9 Å². The molecule has 94 valence electrons. The molecule has 2 aromatic rings. The van der Waals surface area contributed by atoms with E-state index in [9.17, 15) is 0 Å². The third-order valence-electron chi connectivity index (χ3n) is 2.93. The van der Waals surface area contributed by atoms with Crippen LogP contribution in [0.4, 0.5) is 0 Å². The van der Waals surface area contributed by atoms with E-state index in [4.69, 9.17) is 5.73 Å². The standard InChI is InChI=1S/C15H18N2S/c1-11-3-5-14(9-12(11)2)18-15-6-4-13(7-8-16)10-17-15/h3-6,9-10H,7-8,16H2,1-2H3. The summed E-state index contributed by atoms with van der Waals surface area (Å²) < 4.78 is 0. The van der Waals surface area contributed by atoms with Crippen LogP contribution < -0.4 is 5.73 Å². The summed E-state index contributed by atoms with van der Waals surface area (Å²) in [5, 5.41) is 1.03. The molecular weight excluding hydrogens is 240 g/mol. The molecule has 0 unspecified atom stereocenters. The minimum absolute atomic E-state index is 0.672. The van der Waals surface area contributed by atoms with Gasteiger partial charge in [0.2, 0.25) is 0 Å². The Morgan fingerprint density at radius 3 is 2.56 bits per heavy atom. The number of pyridine rings is 1. The molecule has 0 bridgehead atoms. The monoisotopic (exact) mass is 258 g/mol. The highest BCUT2D eigenvalue weighted by Gasteiger charge is 2.01. The van der Waals surface area contributed by atoms with E-state index < -0.39 is 0 Å². The van der Waals surface area contributed by atoms with Crippen molar-refractivity contribution in [3.63, 3.8) is 0 Å². The number of hydrogen-bond acceptors (Lipinski definition) is 3. The number of rotatable bonds is 4. The topological polar surface area (TPSA) is 38.9 Å². The van der Waals surface area contributed by atoms with E-state index in [1.165, 1.54) is 21.6 Å². The molecule has 0 aliphatic heterocycles. The van der Waals surface area contributed by atoms with Crippen LogP contribution in [0.2, 0.25) is 0 Å². The molecule has 0 aliphatic carbocycles. The summed E-state index contributed by atoms with van der Waals surface area (Å²) in [6.45, 7) is 4.94. The Hall–Kier alpha value is -1.32. The van der Waals surface area contributed by atoms with Gasteiger partial charge >= 0.3 is 0 Å². The van der Waals surface area contributed by atoms with Gasteiger partial charge < -0.3 is 5.73 Å². The van der Waals surface area contributed by atoms with Crippen LogP contribution in [0.1, 0.15) is 16.7 Å². The van der Waals surface area contributed by atoms with Gasteiger partial charge in [0.25, 0.3) is 0 Å². The van der Waals surface area contributed by atoms with Crippen molar-refractivity contribution in [2.45, 2.75) is 30.2 Å². The van der Waals surface area contributed by atoms with Gasteiger partial charge in [0.15, 0.2) is 0 Å². The summed E-state index contributed by atoms with van der Waals surface area (Å²) in [5.74, 6) is 0. The normalized spacial score (nSPS) is 10.6. The molecule has 1 aromatic heterocycles. The van der Waals surface area contributed by atoms with Gasteiger partial charge in [-0.15, -0.1) is 0 Å². The Labute approximate surface area is 113 Å². The van der Waals surface area contributed by atoms with Gasteiger partial charge in [-0.05, 0) is 61.7 Å². The molecule has 0 spiro atoms. The fourth-order valence-corrected chi connectivity index (χ4v) is 2.54. The Kier molecular flexibility index (Phi) is 4.39. The first-order chi connectivity index (χ1) is 8.69. The van der Waals surface area contributed by atoms with Gasteiger partial charge in [0.05, 0.1) is 0 Å². The second kappa shape index (κ2) is 6.03. The lowest BCUT2D eigenvalue weighted by Gasteiger charge is -2.05. The summed E-state index contributed by atoms with van der Waals surface area (Å²) in [6, 6.07) is 10.7. The summed E-state index contributed by atoms with van der Waals surface area (Å²) in [4.78, 5) is 5.69. The quantitative estimate of drug-likeness (QED) is 0.914. The molecule has 0 atom stereocenters. The minimum Gasteiger partial charge on any atom is -0.330 e. The highest BCUT2D eigenvalue weighted by molar-refractivity contribution is 7.99.